The van der Waals surface area contributed by atoms with Crippen molar-refractivity contribution in [1.29, 1.82) is 0 Å². The number of amides is 4. The van der Waals surface area contributed by atoms with E-state index in [-0.39, 0.29) is 23.3 Å². The first-order valence-corrected chi connectivity index (χ1v) is 7.96. The van der Waals surface area contributed by atoms with Gasteiger partial charge in [-0.1, -0.05) is 34.7 Å². The molecule has 1 saturated heterocycles. The summed E-state index contributed by atoms with van der Waals surface area (Å²) < 4.78 is 0.217. The molecule has 1 aromatic carbocycles. The number of halogens is 1. The molecule has 2 aliphatic heterocycles. The first-order chi connectivity index (χ1) is 10.1. The van der Waals surface area contributed by atoms with Gasteiger partial charge in [-0.15, -0.1) is 0 Å². The van der Waals surface area contributed by atoms with Gasteiger partial charge in [-0.05, 0) is 18.6 Å². The van der Waals surface area contributed by atoms with Gasteiger partial charge in [0, 0.05) is 6.42 Å². The monoisotopic (exact) mass is 398 g/mol. The van der Waals surface area contributed by atoms with Gasteiger partial charge in [-0.25, -0.2) is 0 Å². The van der Waals surface area contributed by atoms with Crippen LogP contribution in [0.15, 0.2) is 24.3 Å². The predicted molar refractivity (Wildman–Crippen MR) is 80.7 cm³/mol. The molecule has 21 heavy (non-hydrogen) atoms. The molecule has 2 heterocycles. The molecule has 1 atom stereocenters. The Hall–Kier alpha value is -1.77. The van der Waals surface area contributed by atoms with Crippen molar-refractivity contribution in [3.63, 3.8) is 0 Å². The first kappa shape index (κ1) is 14.2. The normalized spacial score (nSPS) is 22.0. The zero-order valence-electron chi connectivity index (χ0n) is 10.9. The van der Waals surface area contributed by atoms with Crippen LogP contribution in [0.25, 0.3) is 0 Å². The van der Waals surface area contributed by atoms with Crippen LogP contribution >= 0.6 is 22.6 Å². The van der Waals surface area contributed by atoms with Crippen LogP contribution in [0.5, 0.6) is 0 Å². The van der Waals surface area contributed by atoms with E-state index in [1.165, 1.54) is 0 Å². The van der Waals surface area contributed by atoms with E-state index in [0.29, 0.717) is 11.1 Å². The summed E-state index contributed by atoms with van der Waals surface area (Å²) in [5, 5.41) is 0. The lowest BCUT2D eigenvalue weighted by Crippen LogP contribution is -2.55. The molecule has 0 N–H and O–H groups in total. The van der Waals surface area contributed by atoms with Crippen LogP contribution in [0.2, 0.25) is 0 Å². The molecule has 7 heteroatoms. The molecular weight excluding hydrogens is 387 g/mol. The van der Waals surface area contributed by atoms with Crippen molar-refractivity contribution in [1.82, 2.24) is 9.80 Å². The number of carbonyl (C=O) groups is 4. The Labute approximate surface area is 134 Å². The number of hydrogen-bond donors (Lipinski definition) is 0. The van der Waals surface area contributed by atoms with E-state index in [1.807, 2.05) is 22.6 Å². The van der Waals surface area contributed by atoms with E-state index < -0.39 is 23.8 Å². The number of hydrogen-bond acceptors (Lipinski definition) is 4. The summed E-state index contributed by atoms with van der Waals surface area (Å²) in [4.78, 5) is 50.9. The quantitative estimate of drug-likeness (QED) is 0.325. The van der Waals surface area contributed by atoms with Crippen molar-refractivity contribution in [2.75, 3.05) is 4.55 Å². The Kier molecular flexibility index (Phi) is 3.52. The van der Waals surface area contributed by atoms with Crippen molar-refractivity contribution < 1.29 is 19.2 Å². The molecular formula is C14H11IN2O4. The smallest absolute Gasteiger partial charge is 0.262 e. The Morgan fingerprint density at radius 3 is 2.14 bits per heavy atom. The predicted octanol–water partition coefficient (Wildman–Crippen LogP) is 1.19. The van der Waals surface area contributed by atoms with Crippen LogP contribution in [0, 0.1) is 0 Å². The second-order valence-corrected chi connectivity index (χ2v) is 5.54. The minimum absolute atomic E-state index is 0.160. The number of benzene rings is 1. The highest BCUT2D eigenvalue weighted by Crippen LogP contribution is 2.29. The van der Waals surface area contributed by atoms with Crippen molar-refractivity contribution in [3.05, 3.63) is 35.4 Å². The Balaban J connectivity index is 1.96. The van der Waals surface area contributed by atoms with Gasteiger partial charge in [0.1, 0.15) is 6.04 Å². The molecule has 1 fully saturated rings. The Morgan fingerprint density at radius 1 is 1.05 bits per heavy atom. The largest absolute Gasteiger partial charge is 0.274 e. The van der Waals surface area contributed by atoms with E-state index in [0.717, 1.165) is 9.80 Å². The third kappa shape index (κ3) is 2.06. The summed E-state index contributed by atoms with van der Waals surface area (Å²) in [6.45, 7) is 0. The zero-order chi connectivity index (χ0) is 15.1. The average Bonchev–Trinajstić information content (AvgIpc) is 2.73. The van der Waals surface area contributed by atoms with Crippen LogP contribution in [0.1, 0.15) is 33.6 Å². The summed E-state index contributed by atoms with van der Waals surface area (Å²) in [5.74, 6) is -1.66. The van der Waals surface area contributed by atoms with Gasteiger partial charge in [-0.2, -0.15) is 0 Å². The van der Waals surface area contributed by atoms with Crippen LogP contribution in [-0.4, -0.2) is 44.0 Å². The zero-order valence-corrected chi connectivity index (χ0v) is 13.1. The number of piperidine rings is 1. The maximum Gasteiger partial charge on any atom is 0.262 e. The average molecular weight is 398 g/mol. The lowest BCUT2D eigenvalue weighted by molar-refractivity contribution is -0.149. The highest BCUT2D eigenvalue weighted by atomic mass is 127. The fourth-order valence-electron chi connectivity index (χ4n) is 2.68. The number of alkyl halides is 1. The summed E-state index contributed by atoms with van der Waals surface area (Å²) in [5.41, 5.74) is 0.626. The lowest BCUT2D eigenvalue weighted by atomic mass is 10.0. The van der Waals surface area contributed by atoms with E-state index in [9.17, 15) is 19.2 Å². The third-order valence-electron chi connectivity index (χ3n) is 3.74. The molecule has 0 radical (unpaired) electrons. The molecule has 0 bridgehead atoms. The molecule has 0 saturated carbocycles. The molecule has 0 spiro atoms. The van der Waals surface area contributed by atoms with Crippen LogP contribution in [0.4, 0.5) is 0 Å². The van der Waals surface area contributed by atoms with Crippen molar-refractivity contribution in [3.8, 4) is 0 Å². The highest BCUT2D eigenvalue weighted by molar-refractivity contribution is 14.1. The molecule has 2 aliphatic rings. The number of rotatable bonds is 2. The van der Waals surface area contributed by atoms with Gasteiger partial charge in [-0.3, -0.25) is 29.0 Å². The number of fused-ring (bicyclic) bond motifs is 1. The van der Waals surface area contributed by atoms with Gasteiger partial charge in [0.25, 0.3) is 17.7 Å². The number of nitrogens with zero attached hydrogens (tertiary/aromatic N) is 2. The van der Waals surface area contributed by atoms with E-state index >= 15 is 0 Å². The van der Waals surface area contributed by atoms with Gasteiger partial charge in [0.15, 0.2) is 0 Å². The van der Waals surface area contributed by atoms with E-state index in [4.69, 9.17) is 0 Å². The van der Waals surface area contributed by atoms with E-state index in [1.54, 1.807) is 24.3 Å². The topological polar surface area (TPSA) is 74.8 Å². The molecule has 1 unspecified atom stereocenters. The molecule has 6 nitrogen and oxygen atoms in total. The standard InChI is InChI=1S/C14H11IN2O4/c15-7-16-11(18)6-5-10(14(16)21)17-12(19)8-3-1-2-4-9(8)13(17)20/h1-4,10H,5-7H2. The van der Waals surface area contributed by atoms with Gasteiger partial charge in [0.05, 0.1) is 15.7 Å². The summed E-state index contributed by atoms with van der Waals surface area (Å²) in [6.07, 6.45) is 0.350. The summed E-state index contributed by atoms with van der Waals surface area (Å²) in [7, 11) is 0. The first-order valence-electron chi connectivity index (χ1n) is 6.43. The van der Waals surface area contributed by atoms with Crippen LogP contribution in [-0.2, 0) is 9.59 Å². The molecule has 4 amide bonds. The van der Waals surface area contributed by atoms with Gasteiger partial charge >= 0.3 is 0 Å². The van der Waals surface area contributed by atoms with Gasteiger partial charge in [0.2, 0.25) is 5.91 Å². The Bertz CT molecular complexity index is 638. The minimum atomic E-state index is -0.884. The van der Waals surface area contributed by atoms with Crippen LogP contribution < -0.4 is 0 Å². The fourth-order valence-corrected chi connectivity index (χ4v) is 3.39. The molecule has 3 rings (SSSR count). The molecule has 0 aliphatic carbocycles. The summed E-state index contributed by atoms with van der Waals surface area (Å²) >= 11 is 1.92. The molecule has 1 aromatic rings. The van der Waals surface area contributed by atoms with Crippen molar-refractivity contribution >= 4 is 46.2 Å². The minimum Gasteiger partial charge on any atom is -0.274 e. The number of imide groups is 2. The second kappa shape index (κ2) is 5.21. The number of carbonyl (C=O) groups excluding carboxylic acids is 4. The Morgan fingerprint density at radius 2 is 1.62 bits per heavy atom. The molecule has 0 aromatic heterocycles. The highest BCUT2D eigenvalue weighted by Gasteiger charge is 2.46. The summed E-state index contributed by atoms with van der Waals surface area (Å²) in [6, 6.07) is 5.62. The van der Waals surface area contributed by atoms with Crippen molar-refractivity contribution in [2.24, 2.45) is 0 Å². The van der Waals surface area contributed by atoms with Gasteiger partial charge < -0.3 is 0 Å². The maximum absolute atomic E-state index is 12.4. The van der Waals surface area contributed by atoms with Crippen LogP contribution in [0.3, 0.4) is 0 Å². The van der Waals surface area contributed by atoms with E-state index in [2.05, 4.69) is 0 Å². The molecule has 108 valence electrons. The maximum atomic E-state index is 12.4. The lowest BCUT2D eigenvalue weighted by Gasteiger charge is -2.33. The third-order valence-corrected chi connectivity index (χ3v) is 4.42. The second-order valence-electron chi connectivity index (χ2n) is 4.86. The SMILES string of the molecule is O=C1CCC(N2C(=O)c3ccccc3C2=O)C(=O)N1CI. The fraction of sp³-hybridized carbons (Fsp3) is 0.286. The number of likely N-dealkylation sites (tertiary alicyclic amines) is 1. The van der Waals surface area contributed by atoms with Crippen molar-refractivity contribution in [2.45, 2.75) is 18.9 Å².